The molecule has 3 amide bonds. The van der Waals surface area contributed by atoms with Gasteiger partial charge in [0.1, 0.15) is 5.75 Å². The number of aliphatic imine (C=N–C) groups is 2. The summed E-state index contributed by atoms with van der Waals surface area (Å²) >= 11 is 6.25. The Balaban J connectivity index is 1.86. The van der Waals surface area contributed by atoms with Crippen LogP contribution in [0.4, 0.5) is 10.5 Å². The van der Waals surface area contributed by atoms with Crippen molar-refractivity contribution in [1.82, 2.24) is 5.32 Å². The minimum atomic E-state index is -1.60. The van der Waals surface area contributed by atoms with Gasteiger partial charge in [-0.1, -0.05) is 35.9 Å². The lowest BCUT2D eigenvalue weighted by Gasteiger charge is -2.31. The molecule has 2 unspecified atom stereocenters. The lowest BCUT2D eigenvalue weighted by atomic mass is 9.95. The Morgan fingerprint density at radius 1 is 1.26 bits per heavy atom. The predicted molar refractivity (Wildman–Crippen MR) is 101 cm³/mol. The van der Waals surface area contributed by atoms with E-state index in [-0.39, 0.29) is 11.6 Å². The van der Waals surface area contributed by atoms with Crippen molar-refractivity contribution in [3.8, 4) is 5.75 Å². The fourth-order valence-corrected chi connectivity index (χ4v) is 3.35. The quantitative estimate of drug-likeness (QED) is 0.747. The number of amides is 3. The first kappa shape index (κ1) is 17.0. The molecule has 2 aromatic rings. The number of carbonyl (C=O) groups is 2. The van der Waals surface area contributed by atoms with Gasteiger partial charge in [-0.2, -0.15) is 0 Å². The molecule has 0 saturated carbocycles. The van der Waals surface area contributed by atoms with Crippen LogP contribution in [0.2, 0.25) is 5.02 Å². The molecule has 0 aromatic heterocycles. The number of nitrogens with zero attached hydrogens (tertiary/aromatic N) is 3. The summed E-state index contributed by atoms with van der Waals surface area (Å²) in [6.45, 7) is 0. The topological polar surface area (TPSA) is 120 Å². The van der Waals surface area contributed by atoms with E-state index in [0.29, 0.717) is 16.3 Å². The van der Waals surface area contributed by atoms with Crippen LogP contribution in [-0.2, 0) is 4.79 Å². The minimum Gasteiger partial charge on any atom is -0.508 e. The lowest BCUT2D eigenvalue weighted by Crippen LogP contribution is -2.61. The third-order valence-electron chi connectivity index (χ3n) is 4.44. The van der Waals surface area contributed by atoms with Crippen LogP contribution in [0.3, 0.4) is 0 Å². The molecule has 1 saturated heterocycles. The number of phenols is 1. The van der Waals surface area contributed by atoms with Crippen LogP contribution < -0.4 is 16.0 Å². The second-order valence-corrected chi connectivity index (χ2v) is 6.53. The number of rotatable bonds is 3. The van der Waals surface area contributed by atoms with E-state index >= 15 is 0 Å². The number of amidine groups is 1. The maximum atomic E-state index is 12.7. The highest BCUT2D eigenvalue weighted by molar-refractivity contribution is 6.34. The molecule has 2 atom stereocenters. The van der Waals surface area contributed by atoms with E-state index in [1.54, 1.807) is 36.4 Å². The van der Waals surface area contributed by atoms with Gasteiger partial charge in [0.25, 0.3) is 5.91 Å². The largest absolute Gasteiger partial charge is 0.508 e. The van der Waals surface area contributed by atoms with Crippen LogP contribution in [0.25, 0.3) is 0 Å². The number of nitrogens with two attached hydrogens (primary N) is 1. The van der Waals surface area contributed by atoms with Crippen LogP contribution in [0.15, 0.2) is 58.5 Å². The number of hydrogen-bond donors (Lipinski definition) is 3. The molecule has 1 fully saturated rings. The zero-order valence-electron chi connectivity index (χ0n) is 13.8. The first-order chi connectivity index (χ1) is 12.9. The predicted octanol–water partition coefficient (Wildman–Crippen LogP) is 1.66. The second-order valence-electron chi connectivity index (χ2n) is 6.12. The van der Waals surface area contributed by atoms with Crippen molar-refractivity contribution in [2.24, 2.45) is 15.7 Å². The number of anilines is 1. The van der Waals surface area contributed by atoms with Crippen LogP contribution in [0.5, 0.6) is 5.75 Å². The first-order valence-electron chi connectivity index (χ1n) is 8.00. The summed E-state index contributed by atoms with van der Waals surface area (Å²) in [5.74, 6) is -0.500. The Labute approximate surface area is 159 Å². The SMILES string of the molecule is NC(=O)C12C=NC(c3cccc(O)c3)=NC1N(c1ccccc1Cl)C(=O)N2. The van der Waals surface area contributed by atoms with Gasteiger partial charge in [-0.05, 0) is 24.3 Å². The van der Waals surface area contributed by atoms with Gasteiger partial charge in [0.2, 0.25) is 0 Å². The maximum Gasteiger partial charge on any atom is 0.325 e. The second kappa shape index (κ2) is 6.10. The number of urea groups is 1. The molecule has 2 heterocycles. The Morgan fingerprint density at radius 3 is 2.74 bits per heavy atom. The summed E-state index contributed by atoms with van der Waals surface area (Å²) in [6, 6.07) is 12.5. The van der Waals surface area contributed by atoms with Crippen molar-refractivity contribution in [3.05, 3.63) is 59.1 Å². The van der Waals surface area contributed by atoms with Crippen molar-refractivity contribution < 1.29 is 14.7 Å². The normalized spacial score (nSPS) is 23.6. The number of carbonyl (C=O) groups excluding carboxylic acids is 2. The van der Waals surface area contributed by atoms with Crippen molar-refractivity contribution in [2.75, 3.05) is 4.90 Å². The number of aromatic hydroxyl groups is 1. The highest BCUT2D eigenvalue weighted by Crippen LogP contribution is 2.36. The van der Waals surface area contributed by atoms with E-state index in [0.717, 1.165) is 0 Å². The minimum absolute atomic E-state index is 0.0423. The Morgan fingerprint density at radius 2 is 2.04 bits per heavy atom. The molecule has 27 heavy (non-hydrogen) atoms. The van der Waals surface area contributed by atoms with E-state index in [4.69, 9.17) is 17.3 Å². The van der Waals surface area contributed by atoms with E-state index in [9.17, 15) is 14.7 Å². The van der Waals surface area contributed by atoms with Gasteiger partial charge in [0.05, 0.1) is 10.7 Å². The van der Waals surface area contributed by atoms with Gasteiger partial charge in [-0.15, -0.1) is 0 Å². The molecule has 9 heteroatoms. The van der Waals surface area contributed by atoms with E-state index < -0.39 is 23.6 Å². The molecular weight excluding hydrogens is 370 g/mol. The molecule has 136 valence electrons. The molecular formula is C18H14ClN5O3. The zero-order chi connectivity index (χ0) is 19.2. The lowest BCUT2D eigenvalue weighted by molar-refractivity contribution is -0.121. The number of primary amides is 1. The van der Waals surface area contributed by atoms with Crippen LogP contribution in [0.1, 0.15) is 5.56 Å². The zero-order valence-corrected chi connectivity index (χ0v) is 14.6. The third-order valence-corrected chi connectivity index (χ3v) is 4.76. The summed E-state index contributed by atoms with van der Waals surface area (Å²) < 4.78 is 0. The van der Waals surface area contributed by atoms with Gasteiger partial charge in [0, 0.05) is 11.8 Å². The highest BCUT2D eigenvalue weighted by atomic mass is 35.5. The number of nitrogens with one attached hydrogen (secondary N) is 1. The van der Waals surface area contributed by atoms with Crippen molar-refractivity contribution in [2.45, 2.75) is 11.7 Å². The average Bonchev–Trinajstić information content (AvgIpc) is 2.94. The number of fused-ring (bicyclic) bond motifs is 1. The van der Waals surface area contributed by atoms with Gasteiger partial charge in [0.15, 0.2) is 17.5 Å². The van der Waals surface area contributed by atoms with E-state index in [2.05, 4.69) is 15.3 Å². The van der Waals surface area contributed by atoms with Gasteiger partial charge in [-0.3, -0.25) is 9.69 Å². The first-order valence-corrected chi connectivity index (χ1v) is 8.38. The Hall–Kier alpha value is -3.39. The molecule has 2 aromatic carbocycles. The molecule has 0 aliphatic carbocycles. The third kappa shape index (κ3) is 2.61. The van der Waals surface area contributed by atoms with Crippen LogP contribution in [-0.4, -0.2) is 40.8 Å². The number of para-hydroxylation sites is 1. The van der Waals surface area contributed by atoms with E-state index in [1.807, 2.05) is 0 Å². The molecule has 0 radical (unpaired) electrons. The summed E-state index contributed by atoms with van der Waals surface area (Å²) in [5.41, 5.74) is 4.90. The summed E-state index contributed by atoms with van der Waals surface area (Å²) in [7, 11) is 0. The summed E-state index contributed by atoms with van der Waals surface area (Å²) in [4.78, 5) is 34.9. The molecule has 4 rings (SSSR count). The molecule has 8 nitrogen and oxygen atoms in total. The van der Waals surface area contributed by atoms with Crippen molar-refractivity contribution >= 4 is 41.3 Å². The smallest absolute Gasteiger partial charge is 0.325 e. The number of benzene rings is 2. The van der Waals surface area contributed by atoms with Gasteiger partial charge < -0.3 is 16.2 Å². The monoisotopic (exact) mass is 383 g/mol. The maximum absolute atomic E-state index is 12.7. The highest BCUT2D eigenvalue weighted by Gasteiger charge is 2.57. The van der Waals surface area contributed by atoms with Crippen LogP contribution in [0, 0.1) is 0 Å². The standard InChI is InChI=1S/C18H14ClN5O3/c19-12-6-1-2-7-13(12)24-16-18(15(20)26,23-17(24)27)9-21-14(22-16)10-4-3-5-11(25)8-10/h1-9,16,25H,(H2,20,26)(H,23,27). The fourth-order valence-electron chi connectivity index (χ4n) is 3.12. The molecule has 0 spiro atoms. The number of halogens is 1. The van der Waals surface area contributed by atoms with Crippen molar-refractivity contribution in [1.29, 1.82) is 0 Å². The summed E-state index contributed by atoms with van der Waals surface area (Å²) in [6.07, 6.45) is 0.262. The Bertz CT molecular complexity index is 1020. The molecule has 2 aliphatic heterocycles. The van der Waals surface area contributed by atoms with Crippen molar-refractivity contribution in [3.63, 3.8) is 0 Å². The van der Waals surface area contributed by atoms with Gasteiger partial charge in [-0.25, -0.2) is 14.8 Å². The fraction of sp³-hybridized carbons (Fsp3) is 0.111. The average molecular weight is 384 g/mol. The van der Waals surface area contributed by atoms with Gasteiger partial charge >= 0.3 is 6.03 Å². The van der Waals surface area contributed by atoms with E-state index in [1.165, 1.54) is 23.2 Å². The Kier molecular flexibility index (Phi) is 3.85. The number of hydrogen-bond acceptors (Lipinski definition) is 5. The summed E-state index contributed by atoms with van der Waals surface area (Å²) in [5, 5.41) is 12.6. The molecule has 0 bridgehead atoms. The molecule has 2 aliphatic rings. The molecule has 4 N–H and O–H groups in total. The number of phenolic OH excluding ortho intramolecular Hbond substituents is 1. The van der Waals surface area contributed by atoms with Crippen LogP contribution >= 0.6 is 11.6 Å².